The number of benzene rings is 1. The Morgan fingerprint density at radius 3 is 2.71 bits per heavy atom. The van der Waals surface area contributed by atoms with Crippen LogP contribution in [0.25, 0.3) is 10.1 Å². The first-order valence-corrected chi connectivity index (χ1v) is 7.32. The van der Waals surface area contributed by atoms with Crippen molar-refractivity contribution in [3.63, 3.8) is 0 Å². The van der Waals surface area contributed by atoms with Crippen molar-refractivity contribution in [3.8, 4) is 0 Å². The molecule has 1 aromatic carbocycles. The SMILES string of the molecule is CC(C)(CCC(=O)O)NC(=O)c1cc2ccc(F)cc2s1. The molecule has 21 heavy (non-hydrogen) atoms. The summed E-state index contributed by atoms with van der Waals surface area (Å²) >= 11 is 1.22. The number of fused-ring (bicyclic) bond motifs is 1. The van der Waals surface area contributed by atoms with Gasteiger partial charge in [-0.1, -0.05) is 6.07 Å². The van der Waals surface area contributed by atoms with E-state index in [9.17, 15) is 14.0 Å². The number of carbonyl (C=O) groups is 2. The van der Waals surface area contributed by atoms with Crippen LogP contribution in [0.5, 0.6) is 0 Å². The molecular formula is C15H16FNO3S. The molecule has 0 fully saturated rings. The Kier molecular flexibility index (Phi) is 4.27. The second kappa shape index (κ2) is 5.81. The molecule has 2 rings (SSSR count). The number of amides is 1. The van der Waals surface area contributed by atoms with Crippen LogP contribution in [0.3, 0.4) is 0 Å². The summed E-state index contributed by atoms with van der Waals surface area (Å²) in [5, 5.41) is 12.3. The van der Waals surface area contributed by atoms with E-state index >= 15 is 0 Å². The minimum absolute atomic E-state index is 0.00902. The van der Waals surface area contributed by atoms with Gasteiger partial charge in [0.25, 0.3) is 5.91 Å². The summed E-state index contributed by atoms with van der Waals surface area (Å²) in [5.74, 6) is -1.50. The van der Waals surface area contributed by atoms with E-state index in [-0.39, 0.29) is 18.1 Å². The molecule has 0 saturated heterocycles. The third kappa shape index (κ3) is 4.01. The summed E-state index contributed by atoms with van der Waals surface area (Å²) in [6, 6.07) is 6.09. The number of hydrogen-bond donors (Lipinski definition) is 2. The number of thiophene rings is 1. The zero-order valence-corrected chi connectivity index (χ0v) is 12.6. The molecule has 1 aromatic heterocycles. The summed E-state index contributed by atoms with van der Waals surface area (Å²) in [6.45, 7) is 3.56. The maximum Gasteiger partial charge on any atom is 0.303 e. The minimum Gasteiger partial charge on any atom is -0.481 e. The van der Waals surface area contributed by atoms with Crippen LogP contribution in [0.15, 0.2) is 24.3 Å². The number of aliphatic carboxylic acids is 1. The average molecular weight is 309 g/mol. The zero-order chi connectivity index (χ0) is 15.6. The lowest BCUT2D eigenvalue weighted by Gasteiger charge is -2.25. The van der Waals surface area contributed by atoms with Crippen molar-refractivity contribution in [2.45, 2.75) is 32.2 Å². The molecule has 0 spiro atoms. The number of hydrogen-bond acceptors (Lipinski definition) is 3. The van der Waals surface area contributed by atoms with Gasteiger partial charge in [-0.3, -0.25) is 9.59 Å². The molecule has 4 nitrogen and oxygen atoms in total. The van der Waals surface area contributed by atoms with Crippen LogP contribution in [0, 0.1) is 5.82 Å². The van der Waals surface area contributed by atoms with E-state index in [0.717, 1.165) is 5.39 Å². The van der Waals surface area contributed by atoms with Gasteiger partial charge in [0.1, 0.15) is 5.82 Å². The van der Waals surface area contributed by atoms with Gasteiger partial charge in [0.15, 0.2) is 0 Å². The maximum absolute atomic E-state index is 13.1. The molecule has 0 aliphatic rings. The Morgan fingerprint density at radius 2 is 2.05 bits per heavy atom. The predicted molar refractivity (Wildman–Crippen MR) is 80.2 cm³/mol. The fourth-order valence-electron chi connectivity index (χ4n) is 1.97. The van der Waals surface area contributed by atoms with Crippen molar-refractivity contribution in [2.75, 3.05) is 0 Å². The average Bonchev–Trinajstić information content (AvgIpc) is 2.79. The molecule has 0 unspecified atom stereocenters. The lowest BCUT2D eigenvalue weighted by molar-refractivity contribution is -0.137. The topological polar surface area (TPSA) is 66.4 Å². The highest BCUT2D eigenvalue weighted by Gasteiger charge is 2.23. The third-order valence-electron chi connectivity index (χ3n) is 3.12. The molecule has 0 saturated carbocycles. The van der Waals surface area contributed by atoms with Gasteiger partial charge in [-0.05, 0) is 43.9 Å². The number of carboxylic acid groups (broad SMARTS) is 1. The largest absolute Gasteiger partial charge is 0.481 e. The highest BCUT2D eigenvalue weighted by atomic mass is 32.1. The lowest BCUT2D eigenvalue weighted by atomic mass is 9.98. The molecule has 0 atom stereocenters. The van der Waals surface area contributed by atoms with Crippen LogP contribution in [-0.2, 0) is 4.79 Å². The number of carbonyl (C=O) groups excluding carboxylic acids is 1. The Morgan fingerprint density at radius 1 is 1.33 bits per heavy atom. The van der Waals surface area contributed by atoms with Crippen LogP contribution in [-0.4, -0.2) is 22.5 Å². The number of nitrogens with one attached hydrogen (secondary N) is 1. The molecule has 0 aliphatic heterocycles. The van der Waals surface area contributed by atoms with Gasteiger partial charge < -0.3 is 10.4 Å². The summed E-state index contributed by atoms with van der Waals surface area (Å²) in [4.78, 5) is 23.3. The first-order valence-electron chi connectivity index (χ1n) is 6.50. The Labute approximate surface area is 125 Å². The van der Waals surface area contributed by atoms with Crippen molar-refractivity contribution in [2.24, 2.45) is 0 Å². The fraction of sp³-hybridized carbons (Fsp3) is 0.333. The van der Waals surface area contributed by atoms with Crippen LogP contribution in [0.4, 0.5) is 4.39 Å². The third-order valence-corrected chi connectivity index (χ3v) is 4.22. The van der Waals surface area contributed by atoms with Crippen LogP contribution < -0.4 is 5.32 Å². The van der Waals surface area contributed by atoms with Crippen molar-refractivity contribution >= 4 is 33.3 Å². The molecule has 0 radical (unpaired) electrons. The molecule has 2 aromatic rings. The van der Waals surface area contributed by atoms with Crippen LogP contribution in [0.1, 0.15) is 36.4 Å². The summed E-state index contributed by atoms with van der Waals surface area (Å²) < 4.78 is 13.9. The van der Waals surface area contributed by atoms with Crippen molar-refractivity contribution in [3.05, 3.63) is 35.0 Å². The summed E-state index contributed by atoms with van der Waals surface area (Å²) in [7, 11) is 0. The molecule has 1 heterocycles. The standard InChI is InChI=1S/C15H16FNO3S/c1-15(2,6-5-13(18)19)17-14(20)12-7-9-3-4-10(16)8-11(9)21-12/h3-4,7-8H,5-6H2,1-2H3,(H,17,20)(H,18,19). The quantitative estimate of drug-likeness (QED) is 0.889. The number of rotatable bonds is 5. The Balaban J connectivity index is 2.12. The molecular weight excluding hydrogens is 293 g/mol. The van der Waals surface area contributed by atoms with E-state index in [4.69, 9.17) is 5.11 Å². The van der Waals surface area contributed by atoms with E-state index in [2.05, 4.69) is 5.32 Å². The first-order chi connectivity index (χ1) is 9.77. The molecule has 1 amide bonds. The van der Waals surface area contributed by atoms with E-state index in [1.165, 1.54) is 23.5 Å². The fourth-order valence-corrected chi connectivity index (χ4v) is 2.95. The van der Waals surface area contributed by atoms with E-state index in [1.54, 1.807) is 26.0 Å². The molecule has 6 heteroatoms. The normalized spacial score (nSPS) is 11.6. The van der Waals surface area contributed by atoms with Crippen LogP contribution in [0.2, 0.25) is 0 Å². The highest BCUT2D eigenvalue weighted by Crippen LogP contribution is 2.27. The van der Waals surface area contributed by atoms with E-state index in [1.807, 2.05) is 0 Å². The summed E-state index contributed by atoms with van der Waals surface area (Å²) in [5.41, 5.74) is -0.614. The van der Waals surface area contributed by atoms with Crippen LogP contribution >= 0.6 is 11.3 Å². The zero-order valence-electron chi connectivity index (χ0n) is 11.8. The minimum atomic E-state index is -0.894. The monoisotopic (exact) mass is 309 g/mol. The second-order valence-corrected chi connectivity index (χ2v) is 6.61. The van der Waals surface area contributed by atoms with E-state index in [0.29, 0.717) is 16.0 Å². The lowest BCUT2D eigenvalue weighted by Crippen LogP contribution is -2.43. The molecule has 0 bridgehead atoms. The Bertz CT molecular complexity index is 693. The Hall–Kier alpha value is -1.95. The first kappa shape index (κ1) is 15.4. The number of carboxylic acids is 1. The summed E-state index contributed by atoms with van der Waals surface area (Å²) in [6.07, 6.45) is 0.332. The van der Waals surface area contributed by atoms with Crippen molar-refractivity contribution in [1.82, 2.24) is 5.32 Å². The van der Waals surface area contributed by atoms with Gasteiger partial charge in [-0.25, -0.2) is 4.39 Å². The highest BCUT2D eigenvalue weighted by molar-refractivity contribution is 7.20. The molecule has 2 N–H and O–H groups in total. The van der Waals surface area contributed by atoms with Gasteiger partial charge in [-0.2, -0.15) is 0 Å². The smallest absolute Gasteiger partial charge is 0.303 e. The maximum atomic E-state index is 13.1. The van der Waals surface area contributed by atoms with Crippen molar-refractivity contribution in [1.29, 1.82) is 0 Å². The van der Waals surface area contributed by atoms with Gasteiger partial charge in [0.2, 0.25) is 0 Å². The number of halogens is 1. The van der Waals surface area contributed by atoms with Gasteiger partial charge in [0.05, 0.1) is 4.88 Å². The van der Waals surface area contributed by atoms with Crippen molar-refractivity contribution < 1.29 is 19.1 Å². The predicted octanol–water partition coefficient (Wildman–Crippen LogP) is 3.41. The molecule has 112 valence electrons. The molecule has 0 aliphatic carbocycles. The van der Waals surface area contributed by atoms with E-state index < -0.39 is 11.5 Å². The van der Waals surface area contributed by atoms with Gasteiger partial charge in [0, 0.05) is 16.7 Å². The van der Waals surface area contributed by atoms with Gasteiger partial charge >= 0.3 is 5.97 Å². The second-order valence-electron chi connectivity index (χ2n) is 5.52. The van der Waals surface area contributed by atoms with Gasteiger partial charge in [-0.15, -0.1) is 11.3 Å².